The molecular formula is C16H14ClNO5. The van der Waals surface area contributed by atoms with Crippen molar-refractivity contribution in [2.24, 2.45) is 0 Å². The van der Waals surface area contributed by atoms with Crippen molar-refractivity contribution in [3.8, 4) is 5.75 Å². The minimum atomic E-state index is -2.29. The van der Waals surface area contributed by atoms with E-state index in [1.54, 1.807) is 42.5 Å². The van der Waals surface area contributed by atoms with Crippen molar-refractivity contribution in [3.63, 3.8) is 0 Å². The zero-order valence-corrected chi connectivity index (χ0v) is 12.7. The number of aliphatic hydroxyl groups excluding tert-OH is 2. The molecule has 0 aliphatic carbocycles. The van der Waals surface area contributed by atoms with E-state index < -0.39 is 22.1 Å². The molecule has 1 aliphatic rings. The molecule has 0 saturated heterocycles. The largest absolute Gasteiger partial charge is 0.476 e. The molecule has 0 unspecified atom stereocenters. The van der Waals surface area contributed by atoms with Crippen molar-refractivity contribution in [2.45, 2.75) is 23.8 Å². The summed E-state index contributed by atoms with van der Waals surface area (Å²) in [5.74, 6) is 0.330. The lowest BCUT2D eigenvalue weighted by atomic mass is 9.88. The molecule has 0 spiro atoms. The fraction of sp³-hybridized carbons (Fsp3) is 0.250. The molecular weight excluding hydrogens is 322 g/mol. The maximum absolute atomic E-state index is 11.7. The maximum Gasteiger partial charge on any atom is 0.364 e. The van der Waals surface area contributed by atoms with Crippen molar-refractivity contribution in [1.29, 1.82) is 0 Å². The fourth-order valence-corrected chi connectivity index (χ4v) is 3.08. The highest BCUT2D eigenvalue weighted by atomic mass is 35.5. The molecule has 0 fully saturated rings. The number of rotatable bonds is 3. The number of nitrogens with zero attached hydrogens (tertiary/aromatic N) is 1. The van der Waals surface area contributed by atoms with Crippen LogP contribution >= 0.6 is 11.6 Å². The number of halogens is 1. The summed E-state index contributed by atoms with van der Waals surface area (Å²) >= 11 is 6.26. The highest BCUT2D eigenvalue weighted by Gasteiger charge is 2.61. The average Bonchev–Trinajstić information content (AvgIpc) is 2.58. The zero-order valence-electron chi connectivity index (χ0n) is 11.9. The summed E-state index contributed by atoms with van der Waals surface area (Å²) in [7, 11) is 0. The predicted molar refractivity (Wildman–Crippen MR) is 82.7 cm³/mol. The topological polar surface area (TPSA) is 92.8 Å². The zero-order chi connectivity index (χ0) is 16.6. The van der Waals surface area contributed by atoms with Gasteiger partial charge in [-0.25, -0.2) is 0 Å². The van der Waals surface area contributed by atoms with E-state index in [4.69, 9.17) is 16.3 Å². The van der Waals surface area contributed by atoms with Gasteiger partial charge in [-0.15, -0.1) is 0 Å². The van der Waals surface area contributed by atoms with Gasteiger partial charge in [-0.3, -0.25) is 10.1 Å². The molecule has 2 aromatic rings. The standard InChI is InChI=1S/C16H14ClNO5/c17-16(18(21)22)14(20)12-7-3-4-8-13(12)23-15(16)11-6-2-1-5-10(11)9-19/h1-8,14-15,19-20H,9H2/t14-,15-,16+/m0/s1. The van der Waals surface area contributed by atoms with Crippen LogP contribution in [0.4, 0.5) is 0 Å². The highest BCUT2D eigenvalue weighted by Crippen LogP contribution is 2.51. The predicted octanol–water partition coefficient (Wildman–Crippen LogP) is 2.56. The molecule has 0 saturated carbocycles. The Morgan fingerprint density at radius 1 is 1.17 bits per heavy atom. The first-order valence-electron chi connectivity index (χ1n) is 6.95. The second-order valence-electron chi connectivity index (χ2n) is 5.28. The number of hydrogen-bond donors (Lipinski definition) is 2. The van der Waals surface area contributed by atoms with Gasteiger partial charge in [0.05, 0.1) is 11.5 Å². The lowest BCUT2D eigenvalue weighted by molar-refractivity contribution is -0.570. The summed E-state index contributed by atoms with van der Waals surface area (Å²) in [5.41, 5.74) is 1.09. The molecule has 3 atom stereocenters. The number of aliphatic hydroxyl groups is 2. The van der Waals surface area contributed by atoms with Crippen molar-refractivity contribution in [2.75, 3.05) is 0 Å². The van der Waals surface area contributed by atoms with Gasteiger partial charge in [0.2, 0.25) is 6.10 Å². The first-order chi connectivity index (χ1) is 11.0. The molecule has 2 N–H and O–H groups in total. The molecule has 6 nitrogen and oxygen atoms in total. The second-order valence-corrected chi connectivity index (χ2v) is 5.89. The van der Waals surface area contributed by atoms with Gasteiger partial charge in [0.1, 0.15) is 5.75 Å². The summed E-state index contributed by atoms with van der Waals surface area (Å²) in [6.07, 6.45) is -2.80. The molecule has 23 heavy (non-hydrogen) atoms. The summed E-state index contributed by atoms with van der Waals surface area (Å²) < 4.78 is 5.76. The third kappa shape index (κ3) is 2.35. The van der Waals surface area contributed by atoms with Crippen molar-refractivity contribution in [1.82, 2.24) is 0 Å². The third-order valence-electron chi connectivity index (χ3n) is 4.00. The van der Waals surface area contributed by atoms with Crippen LogP contribution in [0.15, 0.2) is 48.5 Å². The summed E-state index contributed by atoms with van der Waals surface area (Å²) in [5, 5.41) is 31.7. The Morgan fingerprint density at radius 2 is 1.78 bits per heavy atom. The number of hydrogen-bond acceptors (Lipinski definition) is 5. The Hall–Kier alpha value is -2.15. The smallest absolute Gasteiger partial charge is 0.364 e. The van der Waals surface area contributed by atoms with E-state index >= 15 is 0 Å². The van der Waals surface area contributed by atoms with E-state index in [1.807, 2.05) is 0 Å². The number of benzene rings is 2. The van der Waals surface area contributed by atoms with Crippen LogP contribution in [0.25, 0.3) is 0 Å². The van der Waals surface area contributed by atoms with Gasteiger partial charge in [-0.2, -0.15) is 0 Å². The molecule has 120 valence electrons. The van der Waals surface area contributed by atoms with Crippen LogP contribution < -0.4 is 4.74 Å². The number of ether oxygens (including phenoxy) is 1. The van der Waals surface area contributed by atoms with Crippen LogP contribution in [0.2, 0.25) is 0 Å². The molecule has 1 heterocycles. The SMILES string of the molecule is O=[N+]([O-])[C@]1(Cl)[C@@H](O)c2ccccc2O[C@H]1c1ccccc1CO. The molecule has 2 aromatic carbocycles. The number of fused-ring (bicyclic) bond motifs is 1. The Labute approximate surface area is 137 Å². The molecule has 0 bridgehead atoms. The highest BCUT2D eigenvalue weighted by molar-refractivity contribution is 6.23. The first kappa shape index (κ1) is 15.7. The van der Waals surface area contributed by atoms with Crippen LogP contribution in [-0.2, 0) is 6.61 Å². The number of alkyl halides is 1. The summed E-state index contributed by atoms with van der Waals surface area (Å²) in [4.78, 5) is 8.62. The lowest BCUT2D eigenvalue weighted by Gasteiger charge is -2.37. The average molecular weight is 336 g/mol. The quantitative estimate of drug-likeness (QED) is 0.389. The maximum atomic E-state index is 11.7. The van der Waals surface area contributed by atoms with E-state index in [0.29, 0.717) is 16.9 Å². The molecule has 1 aliphatic heterocycles. The van der Waals surface area contributed by atoms with E-state index in [1.165, 1.54) is 6.07 Å². The fourth-order valence-electron chi connectivity index (χ4n) is 2.80. The van der Waals surface area contributed by atoms with Gasteiger partial charge < -0.3 is 14.9 Å². The van der Waals surface area contributed by atoms with Gasteiger partial charge in [0.15, 0.2) is 6.10 Å². The summed E-state index contributed by atoms with van der Waals surface area (Å²) in [6.45, 7) is -0.321. The molecule has 0 amide bonds. The van der Waals surface area contributed by atoms with Gasteiger partial charge in [0, 0.05) is 11.1 Å². The van der Waals surface area contributed by atoms with E-state index in [9.17, 15) is 20.3 Å². The number of nitro groups is 1. The third-order valence-corrected chi connectivity index (χ3v) is 4.54. The van der Waals surface area contributed by atoms with Crippen LogP contribution in [0, 0.1) is 10.1 Å². The van der Waals surface area contributed by atoms with Crippen LogP contribution in [0.1, 0.15) is 28.9 Å². The Morgan fingerprint density at radius 3 is 2.43 bits per heavy atom. The van der Waals surface area contributed by atoms with Crippen molar-refractivity contribution < 1.29 is 19.9 Å². The van der Waals surface area contributed by atoms with Crippen LogP contribution in [0.5, 0.6) is 5.75 Å². The van der Waals surface area contributed by atoms with Crippen LogP contribution in [0.3, 0.4) is 0 Å². The van der Waals surface area contributed by atoms with Crippen LogP contribution in [-0.4, -0.2) is 20.1 Å². The number of para-hydroxylation sites is 1. The van der Waals surface area contributed by atoms with E-state index in [-0.39, 0.29) is 12.2 Å². The van der Waals surface area contributed by atoms with Gasteiger partial charge in [-0.1, -0.05) is 42.5 Å². The molecule has 0 radical (unpaired) electrons. The van der Waals surface area contributed by atoms with Crippen molar-refractivity contribution >= 4 is 11.6 Å². The Kier molecular flexibility index (Phi) is 3.97. The van der Waals surface area contributed by atoms with Gasteiger partial charge in [-0.05, 0) is 23.2 Å². The first-order valence-corrected chi connectivity index (χ1v) is 7.33. The minimum Gasteiger partial charge on any atom is -0.476 e. The molecule has 3 rings (SSSR count). The second kappa shape index (κ2) is 5.81. The molecule has 7 heteroatoms. The lowest BCUT2D eigenvalue weighted by Crippen LogP contribution is -2.49. The Bertz CT molecular complexity index is 753. The van der Waals surface area contributed by atoms with Gasteiger partial charge in [0.25, 0.3) is 0 Å². The van der Waals surface area contributed by atoms with Crippen molar-refractivity contribution in [3.05, 3.63) is 75.3 Å². The Balaban J connectivity index is 2.20. The monoisotopic (exact) mass is 335 g/mol. The van der Waals surface area contributed by atoms with E-state index in [2.05, 4.69) is 0 Å². The minimum absolute atomic E-state index is 0.261. The van der Waals surface area contributed by atoms with Gasteiger partial charge >= 0.3 is 5.00 Å². The normalized spacial score (nSPS) is 26.2. The summed E-state index contributed by atoms with van der Waals surface area (Å²) in [6, 6.07) is 13.1. The molecule has 0 aromatic heterocycles. The van der Waals surface area contributed by atoms with E-state index in [0.717, 1.165) is 0 Å².